The minimum absolute atomic E-state index is 0.0501. The number of aromatic nitrogens is 3. The third-order valence-electron chi connectivity index (χ3n) is 3.81. The average molecular weight is 454 g/mol. The fourth-order valence-electron chi connectivity index (χ4n) is 2.41. The quantitative estimate of drug-likeness (QED) is 0.630. The Bertz CT molecular complexity index is 1050. The first-order valence-corrected chi connectivity index (χ1v) is 9.14. The summed E-state index contributed by atoms with van der Waals surface area (Å²) in [6.45, 7) is 6.00. The Kier molecular flexibility index (Phi) is 6.79. The highest BCUT2D eigenvalue weighted by atomic mass is 19.4. The highest BCUT2D eigenvalue weighted by molar-refractivity contribution is 5.96. The first kappa shape index (κ1) is 24.6. The normalized spacial score (nSPS) is 13.6. The van der Waals surface area contributed by atoms with Gasteiger partial charge in [-0.15, -0.1) is 0 Å². The van der Waals surface area contributed by atoms with E-state index >= 15 is 0 Å². The number of rotatable bonds is 5. The van der Waals surface area contributed by atoms with Gasteiger partial charge < -0.3 is 20.5 Å². The van der Waals surface area contributed by atoms with Crippen molar-refractivity contribution in [1.82, 2.24) is 20.1 Å². The molecule has 32 heavy (non-hydrogen) atoms. The number of carbonyl (C=O) groups excluding carboxylic acids is 2. The van der Waals surface area contributed by atoms with Crippen molar-refractivity contribution in [2.75, 3.05) is 5.32 Å². The second-order valence-corrected chi connectivity index (χ2v) is 8.10. The van der Waals surface area contributed by atoms with Crippen LogP contribution in [0.5, 0.6) is 5.75 Å². The van der Waals surface area contributed by atoms with Crippen molar-refractivity contribution < 1.29 is 32.6 Å². The molecule has 0 saturated carbocycles. The monoisotopic (exact) mass is 454 g/mol. The largest absolute Gasteiger partial charge is 0.419 e. The maximum Gasteiger partial charge on any atom is 0.419 e. The molecule has 0 aliphatic carbocycles. The third-order valence-corrected chi connectivity index (χ3v) is 3.81. The Labute approximate surface area is 181 Å². The second kappa shape index (κ2) is 8.83. The molecule has 1 atom stereocenters. The zero-order valence-corrected chi connectivity index (χ0v) is 17.6. The van der Waals surface area contributed by atoms with Crippen molar-refractivity contribution in [2.45, 2.75) is 51.6 Å². The van der Waals surface area contributed by atoms with Crippen LogP contribution in [0.25, 0.3) is 0 Å². The molecule has 0 saturated heterocycles. The fraction of sp³-hybridized carbons (Fsp3) is 0.421. The van der Waals surface area contributed by atoms with Crippen LogP contribution >= 0.6 is 0 Å². The summed E-state index contributed by atoms with van der Waals surface area (Å²) in [5.74, 6) is -0.991. The van der Waals surface area contributed by atoms with E-state index in [1.165, 1.54) is 18.5 Å². The van der Waals surface area contributed by atoms with E-state index in [0.717, 1.165) is 17.8 Å². The van der Waals surface area contributed by atoms with Crippen LogP contribution in [0, 0.1) is 11.3 Å². The molecule has 2 heterocycles. The molecule has 0 aliphatic rings. The molecular weight excluding hydrogens is 433 g/mol. The lowest BCUT2D eigenvalue weighted by molar-refractivity contribution is -0.138. The van der Waals surface area contributed by atoms with Crippen LogP contribution in [0.3, 0.4) is 0 Å². The molecule has 3 N–H and O–H groups in total. The van der Waals surface area contributed by atoms with E-state index in [-0.39, 0.29) is 11.4 Å². The standard InChI is InChI=1S/C19H21F3N6O4/c1-17(2,3)27-16(30)32-12-8-25-28(9-12)10-18(4,31)15(29)26-11-5-13(19(20,21)22)14(6-23)24-7-11/h5,7-9,31H,10H2,1-4H3,(H,26,29)(H,27,30)/t18-/m0/s1. The van der Waals surface area contributed by atoms with Crippen LogP contribution in [-0.2, 0) is 17.5 Å². The lowest BCUT2D eigenvalue weighted by Crippen LogP contribution is -2.44. The number of pyridine rings is 1. The van der Waals surface area contributed by atoms with E-state index in [1.54, 1.807) is 20.8 Å². The zero-order chi connectivity index (χ0) is 24.3. The topological polar surface area (TPSA) is 142 Å². The highest BCUT2D eigenvalue weighted by Crippen LogP contribution is 2.32. The van der Waals surface area contributed by atoms with E-state index in [4.69, 9.17) is 10.00 Å². The van der Waals surface area contributed by atoms with Gasteiger partial charge in [0, 0.05) is 5.54 Å². The Morgan fingerprint density at radius 2 is 1.91 bits per heavy atom. The van der Waals surface area contributed by atoms with Crippen molar-refractivity contribution in [1.29, 1.82) is 5.26 Å². The summed E-state index contributed by atoms with van der Waals surface area (Å²) in [5, 5.41) is 27.9. The van der Waals surface area contributed by atoms with Gasteiger partial charge in [-0.1, -0.05) is 0 Å². The molecule has 2 aromatic rings. The van der Waals surface area contributed by atoms with Gasteiger partial charge in [-0.25, -0.2) is 9.78 Å². The number of anilines is 1. The fourth-order valence-corrected chi connectivity index (χ4v) is 2.41. The van der Waals surface area contributed by atoms with E-state index in [1.807, 2.05) is 0 Å². The number of carbonyl (C=O) groups is 2. The van der Waals surface area contributed by atoms with Gasteiger partial charge >= 0.3 is 12.3 Å². The molecule has 10 nitrogen and oxygen atoms in total. The predicted octanol–water partition coefficient (Wildman–Crippen LogP) is 2.45. The van der Waals surface area contributed by atoms with Crippen LogP contribution < -0.4 is 15.4 Å². The van der Waals surface area contributed by atoms with E-state index in [9.17, 15) is 27.9 Å². The molecule has 13 heteroatoms. The zero-order valence-electron chi connectivity index (χ0n) is 17.6. The van der Waals surface area contributed by atoms with E-state index < -0.39 is 47.1 Å². The molecule has 2 amide bonds. The summed E-state index contributed by atoms with van der Waals surface area (Å²) in [5.41, 5.74) is -5.16. The summed E-state index contributed by atoms with van der Waals surface area (Å²) in [4.78, 5) is 27.6. The van der Waals surface area contributed by atoms with Crippen LogP contribution in [0.1, 0.15) is 39.0 Å². The van der Waals surface area contributed by atoms with Crippen LogP contribution in [0.15, 0.2) is 24.7 Å². The van der Waals surface area contributed by atoms with Crippen molar-refractivity contribution in [3.63, 3.8) is 0 Å². The van der Waals surface area contributed by atoms with E-state index in [2.05, 4.69) is 20.7 Å². The summed E-state index contributed by atoms with van der Waals surface area (Å²) < 4.78 is 45.3. The summed E-state index contributed by atoms with van der Waals surface area (Å²) >= 11 is 0. The number of aliphatic hydroxyl groups is 1. The number of amides is 2. The molecule has 0 aliphatic heterocycles. The van der Waals surface area contributed by atoms with Gasteiger partial charge in [-0.3, -0.25) is 9.48 Å². The van der Waals surface area contributed by atoms with E-state index in [0.29, 0.717) is 6.07 Å². The van der Waals surface area contributed by atoms with Crippen molar-refractivity contribution >= 4 is 17.7 Å². The Balaban J connectivity index is 2.08. The minimum atomic E-state index is -4.86. The highest BCUT2D eigenvalue weighted by Gasteiger charge is 2.36. The SMILES string of the molecule is CC(C)(C)NC(=O)Oc1cnn(C[C@](C)(O)C(=O)Nc2cnc(C#N)c(C(F)(F)F)c2)c1. The Morgan fingerprint density at radius 1 is 1.25 bits per heavy atom. The molecule has 0 bridgehead atoms. The number of hydrogen-bond acceptors (Lipinski definition) is 7. The first-order valence-electron chi connectivity index (χ1n) is 9.14. The molecule has 0 aromatic carbocycles. The summed E-state index contributed by atoms with van der Waals surface area (Å²) in [6, 6.07) is 1.88. The molecule has 0 unspecified atom stereocenters. The lowest BCUT2D eigenvalue weighted by Gasteiger charge is -2.22. The van der Waals surface area contributed by atoms with Gasteiger partial charge in [0.1, 0.15) is 6.07 Å². The average Bonchev–Trinajstić information content (AvgIpc) is 3.05. The smallest absolute Gasteiger partial charge is 0.407 e. The minimum Gasteiger partial charge on any atom is -0.407 e. The first-order chi connectivity index (χ1) is 14.6. The number of nitrogens with one attached hydrogen (secondary N) is 2. The Hall–Kier alpha value is -3.66. The molecule has 0 radical (unpaired) electrons. The second-order valence-electron chi connectivity index (χ2n) is 8.10. The van der Waals surface area contributed by atoms with Crippen LogP contribution in [0.4, 0.5) is 23.7 Å². The number of nitrogens with zero attached hydrogens (tertiary/aromatic N) is 4. The number of alkyl halides is 3. The van der Waals surface area contributed by atoms with Crippen LogP contribution in [-0.4, -0.2) is 43.0 Å². The maximum atomic E-state index is 13.1. The number of ether oxygens (including phenoxy) is 1. The molecule has 0 fully saturated rings. The predicted molar refractivity (Wildman–Crippen MR) is 104 cm³/mol. The third kappa shape index (κ3) is 6.67. The van der Waals surface area contributed by atoms with Gasteiger partial charge in [-0.2, -0.15) is 23.5 Å². The molecule has 172 valence electrons. The van der Waals surface area contributed by atoms with Crippen molar-refractivity contribution in [2.24, 2.45) is 0 Å². The number of nitriles is 1. The summed E-state index contributed by atoms with van der Waals surface area (Å²) in [6.07, 6.45) is -2.26. The van der Waals surface area contributed by atoms with Gasteiger partial charge in [0.25, 0.3) is 5.91 Å². The van der Waals surface area contributed by atoms with Crippen molar-refractivity contribution in [3.8, 4) is 11.8 Å². The molecular formula is C19H21F3N6O4. The maximum absolute atomic E-state index is 13.1. The molecule has 2 aromatic heterocycles. The van der Waals surface area contributed by atoms with Gasteiger partial charge in [-0.05, 0) is 33.8 Å². The van der Waals surface area contributed by atoms with Crippen molar-refractivity contribution in [3.05, 3.63) is 35.9 Å². The lowest BCUT2D eigenvalue weighted by atomic mass is 10.1. The van der Waals surface area contributed by atoms with Gasteiger partial charge in [0.05, 0.1) is 36.4 Å². The molecule has 2 rings (SSSR count). The molecule has 0 spiro atoms. The van der Waals surface area contributed by atoms with Crippen LogP contribution in [0.2, 0.25) is 0 Å². The summed E-state index contributed by atoms with van der Waals surface area (Å²) in [7, 11) is 0. The van der Waals surface area contributed by atoms with Gasteiger partial charge in [0.15, 0.2) is 17.0 Å². The number of hydrogen-bond donors (Lipinski definition) is 3. The number of halogens is 3. The van der Waals surface area contributed by atoms with Gasteiger partial charge in [0.2, 0.25) is 0 Å². The Morgan fingerprint density at radius 3 is 2.47 bits per heavy atom.